The van der Waals surface area contributed by atoms with Gasteiger partial charge in [-0.25, -0.2) is 8.78 Å². The second-order valence-electron chi connectivity index (χ2n) is 11.6. The molecule has 4 aromatic rings. The van der Waals surface area contributed by atoms with Gasteiger partial charge >= 0.3 is 12.1 Å². The zero-order chi connectivity index (χ0) is 34.5. The number of likely N-dealkylation sites (tertiary alicyclic amines) is 1. The Kier molecular flexibility index (Phi) is 11.2. The number of hydrogen-bond acceptors (Lipinski definition) is 4. The van der Waals surface area contributed by atoms with Gasteiger partial charge in [-0.05, 0) is 80.2 Å². The Morgan fingerprint density at radius 3 is 2.23 bits per heavy atom. The fourth-order valence-electron chi connectivity index (χ4n) is 5.82. The number of carboxylic acids is 1. The van der Waals surface area contributed by atoms with Crippen molar-refractivity contribution in [3.63, 3.8) is 0 Å². The van der Waals surface area contributed by atoms with Crippen LogP contribution in [0.25, 0.3) is 10.9 Å². The first-order valence-corrected chi connectivity index (χ1v) is 15.1. The van der Waals surface area contributed by atoms with E-state index in [0.717, 1.165) is 37.6 Å². The van der Waals surface area contributed by atoms with Crippen LogP contribution in [0.1, 0.15) is 63.0 Å². The molecule has 0 atom stereocenters. The van der Waals surface area contributed by atoms with Crippen molar-refractivity contribution in [2.45, 2.75) is 52.3 Å². The van der Waals surface area contributed by atoms with Gasteiger partial charge in [0.2, 0.25) is 0 Å². The number of pyridine rings is 1. The molecule has 1 aliphatic heterocycles. The van der Waals surface area contributed by atoms with E-state index in [1.54, 1.807) is 50.2 Å². The highest BCUT2D eigenvalue weighted by atomic mass is 19.4. The quantitative estimate of drug-likeness (QED) is 0.221. The Morgan fingerprint density at radius 1 is 0.936 bits per heavy atom. The summed E-state index contributed by atoms with van der Waals surface area (Å²) in [5.74, 6) is -3.12. The van der Waals surface area contributed by atoms with E-state index in [9.17, 15) is 36.3 Å². The van der Waals surface area contributed by atoms with E-state index >= 15 is 0 Å². The SMILES string of the molecule is Cc1cccc(Cc2c(C(F)(F)F)c3cc(CN4CCCCC4)ccc3n(C)c2=O)c1F.Cc1cccc(F)c1C(=O)NCC(=O)O. The van der Waals surface area contributed by atoms with Crippen molar-refractivity contribution in [1.82, 2.24) is 14.8 Å². The summed E-state index contributed by atoms with van der Waals surface area (Å²) in [6.45, 7) is 5.03. The van der Waals surface area contributed by atoms with Gasteiger partial charge in [0.1, 0.15) is 18.2 Å². The molecule has 0 bridgehead atoms. The number of carbonyl (C=O) groups excluding carboxylic acids is 1. The number of nitrogens with one attached hydrogen (secondary N) is 1. The first kappa shape index (κ1) is 35.3. The number of carboxylic acid groups (broad SMARTS) is 1. The lowest BCUT2D eigenvalue weighted by molar-refractivity contribution is -0.137. The standard InChI is InChI=1S/C25H26F4N2O.C10H10FNO3/c1-16-7-6-8-18(23(16)26)14-20-22(25(27,28)29)19-13-17(15-31-11-4-3-5-12-31)9-10-21(19)30(2)24(20)32;1-6-3-2-4-7(11)9(6)10(15)12-5-8(13)14/h6-10,13H,3-5,11-12,14-15H2,1-2H3;2-4H,5H2,1H3,(H,12,15)(H,13,14). The predicted molar refractivity (Wildman–Crippen MR) is 168 cm³/mol. The summed E-state index contributed by atoms with van der Waals surface area (Å²) in [6.07, 6.45) is -1.82. The molecule has 0 saturated carbocycles. The molecule has 1 amide bonds. The Bertz CT molecular complexity index is 1830. The van der Waals surface area contributed by atoms with Crippen molar-refractivity contribution in [1.29, 1.82) is 0 Å². The van der Waals surface area contributed by atoms with Crippen molar-refractivity contribution in [2.75, 3.05) is 19.6 Å². The monoisotopic (exact) mass is 657 g/mol. The van der Waals surface area contributed by atoms with Gasteiger partial charge in [0.15, 0.2) is 0 Å². The van der Waals surface area contributed by atoms with Crippen LogP contribution in [-0.2, 0) is 31.0 Å². The molecule has 47 heavy (non-hydrogen) atoms. The summed E-state index contributed by atoms with van der Waals surface area (Å²) in [7, 11) is 1.46. The molecule has 0 unspecified atom stereocenters. The van der Waals surface area contributed by atoms with Gasteiger partial charge in [0.05, 0.1) is 16.6 Å². The lowest BCUT2D eigenvalue weighted by Gasteiger charge is -2.26. The van der Waals surface area contributed by atoms with Crippen molar-refractivity contribution in [2.24, 2.45) is 7.05 Å². The van der Waals surface area contributed by atoms with Crippen LogP contribution in [0.15, 0.2) is 59.4 Å². The summed E-state index contributed by atoms with van der Waals surface area (Å²) in [5.41, 5.74) is -0.376. The predicted octanol–water partition coefficient (Wildman–Crippen LogP) is 6.53. The number of aliphatic carboxylic acids is 1. The van der Waals surface area contributed by atoms with Crippen LogP contribution >= 0.6 is 0 Å². The fourth-order valence-corrected chi connectivity index (χ4v) is 5.82. The molecule has 7 nitrogen and oxygen atoms in total. The molecule has 2 N–H and O–H groups in total. The summed E-state index contributed by atoms with van der Waals surface area (Å²) in [5, 5.41) is 10.4. The van der Waals surface area contributed by atoms with Crippen molar-refractivity contribution in [3.05, 3.63) is 116 Å². The van der Waals surface area contributed by atoms with Crippen LogP contribution in [0, 0.1) is 25.5 Å². The van der Waals surface area contributed by atoms with E-state index in [1.165, 1.54) is 30.2 Å². The average Bonchev–Trinajstić information content (AvgIpc) is 3.01. The lowest BCUT2D eigenvalue weighted by Crippen LogP contribution is -2.30. The fraction of sp³-hybridized carbons (Fsp3) is 0.343. The van der Waals surface area contributed by atoms with Gasteiger partial charge < -0.3 is 15.0 Å². The van der Waals surface area contributed by atoms with Gasteiger partial charge in [0, 0.05) is 31.0 Å². The molecule has 12 heteroatoms. The number of piperidine rings is 1. The molecule has 2 heterocycles. The highest BCUT2D eigenvalue weighted by molar-refractivity contribution is 5.97. The van der Waals surface area contributed by atoms with Crippen LogP contribution in [0.4, 0.5) is 22.0 Å². The van der Waals surface area contributed by atoms with E-state index in [-0.39, 0.29) is 22.0 Å². The van der Waals surface area contributed by atoms with Crippen LogP contribution in [0.5, 0.6) is 0 Å². The first-order chi connectivity index (χ1) is 22.2. The maximum absolute atomic E-state index is 14.6. The largest absolute Gasteiger partial charge is 0.480 e. The van der Waals surface area contributed by atoms with Crippen LogP contribution in [-0.4, -0.2) is 46.1 Å². The minimum atomic E-state index is -4.74. The molecule has 1 fully saturated rings. The molecule has 250 valence electrons. The number of fused-ring (bicyclic) bond motifs is 1. The normalized spacial score (nSPS) is 13.6. The highest BCUT2D eigenvalue weighted by Gasteiger charge is 2.38. The van der Waals surface area contributed by atoms with Crippen molar-refractivity contribution in [3.8, 4) is 0 Å². The van der Waals surface area contributed by atoms with E-state index < -0.39 is 59.3 Å². The van der Waals surface area contributed by atoms with Crippen molar-refractivity contribution >= 4 is 22.8 Å². The number of halogens is 5. The average molecular weight is 658 g/mol. The Morgan fingerprint density at radius 2 is 1.60 bits per heavy atom. The van der Waals surface area contributed by atoms with E-state index in [4.69, 9.17) is 5.11 Å². The third-order valence-electron chi connectivity index (χ3n) is 8.18. The van der Waals surface area contributed by atoms with Gasteiger partial charge in [-0.1, -0.05) is 42.8 Å². The maximum atomic E-state index is 14.6. The minimum Gasteiger partial charge on any atom is -0.480 e. The van der Waals surface area contributed by atoms with E-state index in [2.05, 4.69) is 10.2 Å². The zero-order valence-electron chi connectivity index (χ0n) is 26.3. The Hall–Kier alpha value is -4.58. The molecule has 3 aromatic carbocycles. The molecule has 0 radical (unpaired) electrons. The molecule has 5 rings (SSSR count). The number of benzene rings is 3. The minimum absolute atomic E-state index is 0.0165. The van der Waals surface area contributed by atoms with Gasteiger partial charge in [0.25, 0.3) is 11.5 Å². The number of alkyl halides is 3. The van der Waals surface area contributed by atoms with Crippen LogP contribution in [0.3, 0.4) is 0 Å². The Balaban J connectivity index is 0.000000280. The first-order valence-electron chi connectivity index (χ1n) is 15.1. The zero-order valence-corrected chi connectivity index (χ0v) is 26.3. The smallest absolute Gasteiger partial charge is 0.417 e. The number of carbonyl (C=O) groups is 2. The van der Waals surface area contributed by atoms with Crippen LogP contribution < -0.4 is 10.9 Å². The van der Waals surface area contributed by atoms with E-state index in [1.807, 2.05) is 0 Å². The summed E-state index contributed by atoms with van der Waals surface area (Å²) in [4.78, 5) is 36.8. The van der Waals surface area contributed by atoms with Gasteiger partial charge in [-0.3, -0.25) is 19.3 Å². The van der Waals surface area contributed by atoms with E-state index in [0.29, 0.717) is 17.7 Å². The number of nitrogens with zero attached hydrogens (tertiary/aromatic N) is 2. The topological polar surface area (TPSA) is 91.6 Å². The number of hydrogen-bond donors (Lipinski definition) is 2. The second kappa shape index (κ2) is 14.9. The summed E-state index contributed by atoms with van der Waals surface area (Å²) >= 11 is 0. The molecule has 0 aliphatic carbocycles. The molecular weight excluding hydrogens is 621 g/mol. The third-order valence-corrected chi connectivity index (χ3v) is 8.18. The second-order valence-corrected chi connectivity index (χ2v) is 11.6. The number of aryl methyl sites for hydroxylation is 3. The lowest BCUT2D eigenvalue weighted by atomic mass is 9.95. The molecular formula is C35H36F5N3O4. The number of rotatable bonds is 7. The van der Waals surface area contributed by atoms with Crippen molar-refractivity contribution < 1.29 is 36.6 Å². The molecule has 0 spiro atoms. The van der Waals surface area contributed by atoms with Gasteiger partial charge in [-0.2, -0.15) is 13.2 Å². The molecule has 1 saturated heterocycles. The highest BCUT2D eigenvalue weighted by Crippen LogP contribution is 2.37. The third kappa shape index (κ3) is 8.42. The summed E-state index contributed by atoms with van der Waals surface area (Å²) in [6, 6.07) is 13.7. The molecule has 1 aliphatic rings. The number of aromatic nitrogens is 1. The maximum Gasteiger partial charge on any atom is 0.417 e. The van der Waals surface area contributed by atoms with Crippen LogP contribution in [0.2, 0.25) is 0 Å². The molecule has 1 aromatic heterocycles. The Labute approximate surface area is 268 Å². The summed E-state index contributed by atoms with van der Waals surface area (Å²) < 4.78 is 72.0. The number of amides is 1. The van der Waals surface area contributed by atoms with Gasteiger partial charge in [-0.15, -0.1) is 0 Å².